The standard InChI is InChI=1S/C12H18N4/c1-11(12-3-5-13-6-4-12)14-16-9-7-15(2)8-10-16/h3-6H,7-10H2,1-2H3/b14-11-. The quantitative estimate of drug-likeness (QED) is 0.695. The van der Waals surface area contributed by atoms with E-state index < -0.39 is 0 Å². The van der Waals surface area contributed by atoms with Crippen LogP contribution >= 0.6 is 0 Å². The van der Waals surface area contributed by atoms with Gasteiger partial charge >= 0.3 is 0 Å². The maximum Gasteiger partial charge on any atom is 0.0647 e. The number of hydrazone groups is 1. The van der Waals surface area contributed by atoms with Gasteiger partial charge in [-0.05, 0) is 26.1 Å². The second kappa shape index (κ2) is 5.07. The van der Waals surface area contributed by atoms with E-state index in [2.05, 4.69) is 27.0 Å². The van der Waals surface area contributed by atoms with Crippen molar-refractivity contribution in [1.82, 2.24) is 14.9 Å². The summed E-state index contributed by atoms with van der Waals surface area (Å²) < 4.78 is 0. The first-order valence-corrected chi connectivity index (χ1v) is 5.65. The molecule has 0 aliphatic carbocycles. The van der Waals surface area contributed by atoms with E-state index in [0.29, 0.717) is 0 Å². The maximum atomic E-state index is 4.64. The molecule has 1 aliphatic rings. The number of pyridine rings is 1. The fraction of sp³-hybridized carbons (Fsp3) is 0.500. The summed E-state index contributed by atoms with van der Waals surface area (Å²) >= 11 is 0. The third kappa shape index (κ3) is 2.79. The number of likely N-dealkylation sites (N-methyl/N-ethyl adjacent to an activating group) is 1. The lowest BCUT2D eigenvalue weighted by Crippen LogP contribution is -2.42. The first kappa shape index (κ1) is 11.1. The molecule has 0 bridgehead atoms. The van der Waals surface area contributed by atoms with E-state index >= 15 is 0 Å². The van der Waals surface area contributed by atoms with E-state index in [1.165, 1.54) is 0 Å². The van der Waals surface area contributed by atoms with Crippen molar-refractivity contribution in [1.29, 1.82) is 0 Å². The molecule has 2 heterocycles. The minimum atomic E-state index is 1.01. The molecule has 16 heavy (non-hydrogen) atoms. The first-order chi connectivity index (χ1) is 7.75. The maximum absolute atomic E-state index is 4.64. The summed E-state index contributed by atoms with van der Waals surface area (Å²) in [4.78, 5) is 6.34. The molecule has 0 amide bonds. The van der Waals surface area contributed by atoms with Crippen LogP contribution in [-0.4, -0.2) is 53.8 Å². The molecule has 1 aromatic rings. The predicted octanol–water partition coefficient (Wildman–Crippen LogP) is 1.05. The number of piperazine rings is 1. The smallest absolute Gasteiger partial charge is 0.0647 e. The average molecular weight is 218 g/mol. The molecule has 0 saturated carbocycles. The second-order valence-corrected chi connectivity index (χ2v) is 4.18. The zero-order chi connectivity index (χ0) is 11.4. The van der Waals surface area contributed by atoms with Gasteiger partial charge in [-0.15, -0.1) is 0 Å². The molecule has 2 rings (SSSR count). The molecule has 0 aromatic carbocycles. The predicted molar refractivity (Wildman–Crippen MR) is 65.5 cm³/mol. The van der Waals surface area contributed by atoms with Crippen LogP contribution in [0.2, 0.25) is 0 Å². The van der Waals surface area contributed by atoms with Crippen LogP contribution in [0.25, 0.3) is 0 Å². The van der Waals surface area contributed by atoms with Gasteiger partial charge in [-0.3, -0.25) is 9.99 Å². The number of rotatable bonds is 2. The zero-order valence-electron chi connectivity index (χ0n) is 9.93. The van der Waals surface area contributed by atoms with Gasteiger partial charge in [0.15, 0.2) is 0 Å². The highest BCUT2D eigenvalue weighted by Gasteiger charge is 2.11. The van der Waals surface area contributed by atoms with Crippen molar-refractivity contribution in [3.63, 3.8) is 0 Å². The van der Waals surface area contributed by atoms with Gasteiger partial charge in [0.05, 0.1) is 5.71 Å². The number of hydrogen-bond acceptors (Lipinski definition) is 4. The SMILES string of the molecule is C/C(=N/N1CCN(C)CC1)c1ccncc1. The van der Waals surface area contributed by atoms with Crippen LogP contribution in [0.5, 0.6) is 0 Å². The Hall–Kier alpha value is -1.42. The summed E-state index contributed by atoms with van der Waals surface area (Å²) in [6, 6.07) is 3.99. The van der Waals surface area contributed by atoms with Crippen LogP contribution in [-0.2, 0) is 0 Å². The summed E-state index contributed by atoms with van der Waals surface area (Å²) in [7, 11) is 2.15. The minimum absolute atomic E-state index is 1.01. The minimum Gasteiger partial charge on any atom is -0.303 e. The lowest BCUT2D eigenvalue weighted by atomic mass is 10.2. The van der Waals surface area contributed by atoms with Gasteiger partial charge in [-0.25, -0.2) is 0 Å². The molecule has 0 unspecified atom stereocenters. The van der Waals surface area contributed by atoms with Crippen molar-refractivity contribution in [3.8, 4) is 0 Å². The van der Waals surface area contributed by atoms with Crippen molar-refractivity contribution in [2.24, 2.45) is 5.10 Å². The largest absolute Gasteiger partial charge is 0.303 e. The molecule has 1 aliphatic heterocycles. The summed E-state index contributed by atoms with van der Waals surface area (Å²) in [5.74, 6) is 0. The van der Waals surface area contributed by atoms with Crippen LogP contribution in [0, 0.1) is 0 Å². The molecular weight excluding hydrogens is 200 g/mol. The van der Waals surface area contributed by atoms with Crippen LogP contribution in [0.4, 0.5) is 0 Å². The lowest BCUT2D eigenvalue weighted by molar-refractivity contribution is 0.159. The van der Waals surface area contributed by atoms with Crippen LogP contribution in [0.15, 0.2) is 29.6 Å². The number of nitrogens with zero attached hydrogens (tertiary/aromatic N) is 4. The summed E-state index contributed by atoms with van der Waals surface area (Å²) in [6.45, 7) is 6.26. The molecule has 1 saturated heterocycles. The third-order valence-electron chi connectivity index (χ3n) is 2.87. The number of hydrogen-bond donors (Lipinski definition) is 0. The van der Waals surface area contributed by atoms with Gasteiger partial charge < -0.3 is 4.90 Å². The van der Waals surface area contributed by atoms with E-state index in [4.69, 9.17) is 0 Å². The Labute approximate surface area is 96.6 Å². The molecule has 1 fully saturated rings. The van der Waals surface area contributed by atoms with Crippen molar-refractivity contribution in [2.75, 3.05) is 33.2 Å². The van der Waals surface area contributed by atoms with Gasteiger partial charge in [0.2, 0.25) is 0 Å². The molecule has 86 valence electrons. The van der Waals surface area contributed by atoms with E-state index in [0.717, 1.165) is 37.5 Å². The molecule has 4 nitrogen and oxygen atoms in total. The fourth-order valence-corrected chi connectivity index (χ4v) is 1.76. The third-order valence-corrected chi connectivity index (χ3v) is 2.87. The molecule has 0 N–H and O–H groups in total. The Balaban J connectivity index is 2.02. The average Bonchev–Trinajstić information content (AvgIpc) is 2.33. The highest BCUT2D eigenvalue weighted by atomic mass is 15.5. The molecule has 0 radical (unpaired) electrons. The van der Waals surface area contributed by atoms with Crippen molar-refractivity contribution in [3.05, 3.63) is 30.1 Å². The van der Waals surface area contributed by atoms with Crippen molar-refractivity contribution >= 4 is 5.71 Å². The molecule has 0 atom stereocenters. The highest BCUT2D eigenvalue weighted by Crippen LogP contribution is 2.04. The van der Waals surface area contributed by atoms with Gasteiger partial charge in [0, 0.05) is 44.1 Å². The molecule has 1 aromatic heterocycles. The van der Waals surface area contributed by atoms with Crippen LogP contribution in [0.1, 0.15) is 12.5 Å². The van der Waals surface area contributed by atoms with E-state index in [1.807, 2.05) is 19.1 Å². The molecule has 4 heteroatoms. The summed E-state index contributed by atoms with van der Waals surface area (Å²) in [6.07, 6.45) is 3.61. The Kier molecular flexibility index (Phi) is 3.51. The zero-order valence-corrected chi connectivity index (χ0v) is 9.93. The fourth-order valence-electron chi connectivity index (χ4n) is 1.76. The Bertz CT molecular complexity index is 353. The number of aromatic nitrogens is 1. The van der Waals surface area contributed by atoms with Gasteiger partial charge in [0.25, 0.3) is 0 Å². The first-order valence-electron chi connectivity index (χ1n) is 5.65. The summed E-state index contributed by atoms with van der Waals surface area (Å²) in [5.41, 5.74) is 2.21. The second-order valence-electron chi connectivity index (χ2n) is 4.18. The Morgan fingerprint density at radius 3 is 2.44 bits per heavy atom. The topological polar surface area (TPSA) is 31.7 Å². The lowest BCUT2D eigenvalue weighted by Gasteiger charge is -2.30. The molecular formula is C12H18N4. The van der Waals surface area contributed by atoms with E-state index in [9.17, 15) is 0 Å². The van der Waals surface area contributed by atoms with Crippen molar-refractivity contribution < 1.29 is 0 Å². The van der Waals surface area contributed by atoms with E-state index in [1.54, 1.807) is 12.4 Å². The normalized spacial score (nSPS) is 18.9. The monoisotopic (exact) mass is 218 g/mol. The Morgan fingerprint density at radius 2 is 1.81 bits per heavy atom. The highest BCUT2D eigenvalue weighted by molar-refractivity contribution is 5.98. The van der Waals surface area contributed by atoms with Gasteiger partial charge in [-0.2, -0.15) is 5.10 Å². The van der Waals surface area contributed by atoms with Crippen LogP contribution in [0.3, 0.4) is 0 Å². The summed E-state index contributed by atoms with van der Waals surface area (Å²) in [5, 5.41) is 6.78. The van der Waals surface area contributed by atoms with Gasteiger partial charge in [0.1, 0.15) is 0 Å². The van der Waals surface area contributed by atoms with Crippen molar-refractivity contribution in [2.45, 2.75) is 6.92 Å². The Morgan fingerprint density at radius 1 is 1.19 bits per heavy atom. The van der Waals surface area contributed by atoms with Gasteiger partial charge in [-0.1, -0.05) is 0 Å². The van der Waals surface area contributed by atoms with Crippen LogP contribution < -0.4 is 0 Å². The van der Waals surface area contributed by atoms with E-state index in [-0.39, 0.29) is 0 Å². The molecule has 0 spiro atoms.